The number of amides is 2. The molecule has 1 fully saturated rings. The molecule has 2 aromatic carbocycles. The molecular weight excluding hydrogens is 408 g/mol. The van der Waals surface area contributed by atoms with Crippen molar-refractivity contribution in [3.8, 4) is 17.2 Å². The number of benzene rings is 2. The van der Waals surface area contributed by atoms with Gasteiger partial charge in [-0.05, 0) is 42.7 Å². The van der Waals surface area contributed by atoms with Gasteiger partial charge in [0.15, 0.2) is 11.5 Å². The number of methoxy groups -OCH3 is 2. The number of hydrogen-bond donors (Lipinski definition) is 0. The van der Waals surface area contributed by atoms with Crippen LogP contribution in [0.3, 0.4) is 0 Å². The van der Waals surface area contributed by atoms with Crippen molar-refractivity contribution < 1.29 is 23.8 Å². The van der Waals surface area contributed by atoms with Gasteiger partial charge < -0.3 is 24.0 Å². The summed E-state index contributed by atoms with van der Waals surface area (Å²) >= 11 is 0. The molecular formula is C25H32N2O5. The molecule has 0 bridgehead atoms. The van der Waals surface area contributed by atoms with Crippen LogP contribution >= 0.6 is 0 Å². The van der Waals surface area contributed by atoms with Crippen LogP contribution in [0.2, 0.25) is 0 Å². The summed E-state index contributed by atoms with van der Waals surface area (Å²) in [4.78, 5) is 28.9. The molecule has 0 aromatic heterocycles. The van der Waals surface area contributed by atoms with E-state index in [4.69, 9.17) is 14.2 Å². The van der Waals surface area contributed by atoms with Crippen LogP contribution in [0.25, 0.3) is 0 Å². The molecule has 7 heteroatoms. The highest BCUT2D eigenvalue weighted by molar-refractivity contribution is 5.80. The van der Waals surface area contributed by atoms with E-state index >= 15 is 0 Å². The molecule has 0 aliphatic carbocycles. The van der Waals surface area contributed by atoms with Crippen LogP contribution in [0.1, 0.15) is 24.0 Å². The molecule has 2 aromatic rings. The van der Waals surface area contributed by atoms with Crippen LogP contribution in [0.15, 0.2) is 42.5 Å². The largest absolute Gasteiger partial charge is 0.493 e. The first-order valence-corrected chi connectivity index (χ1v) is 11.0. The van der Waals surface area contributed by atoms with Gasteiger partial charge in [0.05, 0.1) is 27.2 Å². The van der Waals surface area contributed by atoms with E-state index in [1.807, 2.05) is 53.1 Å². The van der Waals surface area contributed by atoms with Gasteiger partial charge in [-0.25, -0.2) is 0 Å². The van der Waals surface area contributed by atoms with E-state index in [0.29, 0.717) is 63.5 Å². The van der Waals surface area contributed by atoms with Crippen molar-refractivity contribution >= 4 is 11.8 Å². The Morgan fingerprint density at radius 3 is 2.16 bits per heavy atom. The summed E-state index contributed by atoms with van der Waals surface area (Å²) in [6, 6.07) is 13.4. The van der Waals surface area contributed by atoms with Crippen molar-refractivity contribution in [1.29, 1.82) is 0 Å². The highest BCUT2D eigenvalue weighted by Gasteiger charge is 2.24. The molecule has 7 nitrogen and oxygen atoms in total. The number of ether oxygens (including phenoxy) is 3. The molecule has 1 aliphatic rings. The summed E-state index contributed by atoms with van der Waals surface area (Å²) in [5, 5.41) is 0. The predicted octanol–water partition coefficient (Wildman–Crippen LogP) is 3.08. The first-order chi connectivity index (χ1) is 15.5. The average molecular weight is 441 g/mol. The lowest BCUT2D eigenvalue weighted by Crippen LogP contribution is -2.51. The van der Waals surface area contributed by atoms with Crippen LogP contribution in [0.4, 0.5) is 0 Å². The topological polar surface area (TPSA) is 68.3 Å². The van der Waals surface area contributed by atoms with Crippen LogP contribution < -0.4 is 14.2 Å². The van der Waals surface area contributed by atoms with Crippen LogP contribution in [0.5, 0.6) is 17.2 Å². The molecule has 0 atom stereocenters. The normalized spacial score (nSPS) is 13.6. The Morgan fingerprint density at radius 1 is 0.844 bits per heavy atom. The number of carbonyl (C=O) groups is 2. The van der Waals surface area contributed by atoms with Crippen LogP contribution in [-0.4, -0.2) is 68.6 Å². The Labute approximate surface area is 189 Å². The van der Waals surface area contributed by atoms with Crippen molar-refractivity contribution in [3.63, 3.8) is 0 Å². The summed E-state index contributed by atoms with van der Waals surface area (Å²) < 4.78 is 16.3. The van der Waals surface area contributed by atoms with Gasteiger partial charge >= 0.3 is 0 Å². The zero-order valence-electron chi connectivity index (χ0n) is 19.1. The fourth-order valence-electron chi connectivity index (χ4n) is 3.76. The lowest BCUT2D eigenvalue weighted by atomic mass is 10.1. The molecule has 2 amide bonds. The average Bonchev–Trinajstić information content (AvgIpc) is 2.82. The Bertz CT molecular complexity index is 922. The van der Waals surface area contributed by atoms with Gasteiger partial charge in [-0.1, -0.05) is 24.3 Å². The quantitative estimate of drug-likeness (QED) is 0.561. The maximum absolute atomic E-state index is 12.7. The zero-order chi connectivity index (χ0) is 22.9. The minimum absolute atomic E-state index is 0.0518. The number of piperazine rings is 1. The lowest BCUT2D eigenvalue weighted by Gasteiger charge is -2.35. The maximum Gasteiger partial charge on any atom is 0.227 e. The van der Waals surface area contributed by atoms with E-state index in [1.54, 1.807) is 20.3 Å². The Hall–Kier alpha value is -3.22. The first kappa shape index (κ1) is 23.4. The standard InChI is InChI=1S/C25H32N2O5/c1-19-7-4-5-8-21(19)32-16-6-9-24(28)26-12-14-27(15-13-26)25(29)18-20-10-11-22(30-2)23(17-20)31-3/h4-5,7-8,10-11,17H,6,9,12-16,18H2,1-3H3. The number of aryl methyl sites for hydroxylation is 1. The summed E-state index contributed by atoms with van der Waals surface area (Å²) in [6.07, 6.45) is 1.42. The second kappa shape index (κ2) is 11.4. The van der Waals surface area contributed by atoms with Gasteiger partial charge in [0.2, 0.25) is 11.8 Å². The van der Waals surface area contributed by atoms with Gasteiger partial charge in [0, 0.05) is 32.6 Å². The molecule has 0 unspecified atom stereocenters. The van der Waals surface area contributed by atoms with E-state index in [2.05, 4.69) is 0 Å². The molecule has 0 spiro atoms. The second-order valence-electron chi connectivity index (χ2n) is 7.85. The monoisotopic (exact) mass is 440 g/mol. The third-order valence-corrected chi connectivity index (χ3v) is 5.67. The Morgan fingerprint density at radius 2 is 1.50 bits per heavy atom. The molecule has 0 radical (unpaired) electrons. The predicted molar refractivity (Wildman–Crippen MR) is 122 cm³/mol. The fraction of sp³-hybridized carbons (Fsp3) is 0.440. The first-order valence-electron chi connectivity index (χ1n) is 11.0. The van der Waals surface area contributed by atoms with E-state index in [1.165, 1.54) is 0 Å². The highest BCUT2D eigenvalue weighted by Crippen LogP contribution is 2.28. The maximum atomic E-state index is 12.7. The minimum atomic E-state index is 0.0518. The summed E-state index contributed by atoms with van der Waals surface area (Å²) in [6.45, 7) is 4.76. The van der Waals surface area contributed by atoms with Crippen molar-refractivity contribution in [2.45, 2.75) is 26.2 Å². The Kier molecular flexibility index (Phi) is 8.36. The fourth-order valence-corrected chi connectivity index (χ4v) is 3.76. The number of rotatable bonds is 9. The van der Waals surface area contributed by atoms with Gasteiger partial charge in [-0.2, -0.15) is 0 Å². The Balaban J connectivity index is 1.40. The van der Waals surface area contributed by atoms with Crippen molar-refractivity contribution in [2.75, 3.05) is 47.0 Å². The third kappa shape index (κ3) is 6.15. The molecule has 172 valence electrons. The number of nitrogens with zero attached hydrogens (tertiary/aromatic N) is 2. The third-order valence-electron chi connectivity index (χ3n) is 5.67. The van der Waals surface area contributed by atoms with Gasteiger partial charge in [0.1, 0.15) is 5.75 Å². The van der Waals surface area contributed by atoms with Gasteiger partial charge in [-0.15, -0.1) is 0 Å². The van der Waals surface area contributed by atoms with E-state index in [9.17, 15) is 9.59 Å². The van der Waals surface area contributed by atoms with E-state index < -0.39 is 0 Å². The SMILES string of the molecule is COc1ccc(CC(=O)N2CCN(C(=O)CCCOc3ccccc3C)CC2)cc1OC. The molecule has 1 heterocycles. The van der Waals surface area contributed by atoms with Crippen molar-refractivity contribution in [2.24, 2.45) is 0 Å². The smallest absolute Gasteiger partial charge is 0.227 e. The van der Waals surface area contributed by atoms with E-state index in [0.717, 1.165) is 16.9 Å². The summed E-state index contributed by atoms with van der Waals surface area (Å²) in [7, 11) is 3.16. The van der Waals surface area contributed by atoms with Crippen molar-refractivity contribution in [1.82, 2.24) is 9.80 Å². The number of carbonyl (C=O) groups excluding carboxylic acids is 2. The van der Waals surface area contributed by atoms with E-state index in [-0.39, 0.29) is 11.8 Å². The van der Waals surface area contributed by atoms with Gasteiger partial charge in [0.25, 0.3) is 0 Å². The molecule has 3 rings (SSSR count). The molecule has 1 saturated heterocycles. The number of para-hydroxylation sites is 1. The second-order valence-corrected chi connectivity index (χ2v) is 7.85. The minimum Gasteiger partial charge on any atom is -0.493 e. The molecule has 0 saturated carbocycles. The van der Waals surface area contributed by atoms with Crippen molar-refractivity contribution in [3.05, 3.63) is 53.6 Å². The van der Waals surface area contributed by atoms with Crippen LogP contribution in [-0.2, 0) is 16.0 Å². The molecule has 0 N–H and O–H groups in total. The lowest BCUT2D eigenvalue weighted by molar-refractivity contribution is -0.139. The van der Waals surface area contributed by atoms with Crippen LogP contribution in [0, 0.1) is 6.92 Å². The zero-order valence-corrected chi connectivity index (χ0v) is 19.1. The number of hydrogen-bond acceptors (Lipinski definition) is 5. The van der Waals surface area contributed by atoms with Gasteiger partial charge in [-0.3, -0.25) is 9.59 Å². The summed E-state index contributed by atoms with van der Waals surface area (Å²) in [5.74, 6) is 2.28. The highest BCUT2D eigenvalue weighted by atomic mass is 16.5. The molecule has 1 aliphatic heterocycles. The summed E-state index contributed by atoms with van der Waals surface area (Å²) in [5.41, 5.74) is 1.97. The molecule has 32 heavy (non-hydrogen) atoms.